The molecule has 196 valence electrons. The van der Waals surface area contributed by atoms with Crippen molar-refractivity contribution in [2.75, 3.05) is 14.2 Å². The summed E-state index contributed by atoms with van der Waals surface area (Å²) in [6.45, 7) is 0. The van der Waals surface area contributed by atoms with Gasteiger partial charge in [0.2, 0.25) is 5.91 Å². The highest BCUT2D eigenvalue weighted by molar-refractivity contribution is 7.20. The molecule has 0 saturated carbocycles. The maximum Gasteiger partial charge on any atom is 0.409 e. The number of ether oxygens (including phenoxy) is 1. The second kappa shape index (κ2) is 12.4. The first kappa shape index (κ1) is 27.0. The Labute approximate surface area is 227 Å². The van der Waals surface area contributed by atoms with Crippen molar-refractivity contribution in [2.24, 2.45) is 0 Å². The Morgan fingerprint density at radius 3 is 2.37 bits per heavy atom. The minimum Gasteiger partial charge on any atom is -0.453 e. The molecule has 0 spiro atoms. The molecule has 4 rings (SSSR count). The molecule has 9 nitrogen and oxygen atoms in total. The number of nitro groups is 1. The van der Waals surface area contributed by atoms with E-state index in [1.165, 1.54) is 42.5 Å². The molecule has 0 bridgehead atoms. The van der Waals surface area contributed by atoms with Gasteiger partial charge in [0.1, 0.15) is 11.0 Å². The van der Waals surface area contributed by atoms with Crippen LogP contribution < -0.4 is 5.32 Å². The minimum atomic E-state index is -0.834. The standard InChI is InChI=1S/C27H26N4O5S2/c1-30(27(33)36-2)23(16-18-7-4-3-5-8-18)25(32)28-21(15-19-10-12-20(13-11-19)31(34)35)22-17-38-26(29-22)24-9-6-14-37-24/h3-14,17,21,23H,15-16H2,1-2H3,(H,28,32). The molecule has 0 fully saturated rings. The number of thiazole rings is 1. The molecule has 38 heavy (non-hydrogen) atoms. The van der Waals surface area contributed by atoms with Crippen molar-refractivity contribution in [1.82, 2.24) is 15.2 Å². The van der Waals surface area contributed by atoms with Gasteiger partial charge in [0.15, 0.2) is 0 Å². The fraction of sp³-hybridized carbons (Fsp3) is 0.222. The summed E-state index contributed by atoms with van der Waals surface area (Å²) in [6.07, 6.45) is 0.0267. The van der Waals surface area contributed by atoms with E-state index in [4.69, 9.17) is 9.72 Å². The maximum absolute atomic E-state index is 13.7. The summed E-state index contributed by atoms with van der Waals surface area (Å²) in [5.74, 6) is -0.362. The van der Waals surface area contributed by atoms with Crippen LogP contribution in [0.2, 0.25) is 0 Å². The number of non-ortho nitro benzene ring substituents is 1. The molecular weight excluding hydrogens is 524 g/mol. The monoisotopic (exact) mass is 550 g/mol. The number of amides is 2. The molecule has 2 atom stereocenters. The quantitative estimate of drug-likeness (QED) is 0.206. The van der Waals surface area contributed by atoms with Crippen LogP contribution in [0.15, 0.2) is 77.5 Å². The predicted molar refractivity (Wildman–Crippen MR) is 147 cm³/mol. The SMILES string of the molecule is COC(=O)N(C)C(Cc1ccccc1)C(=O)NC(Cc1ccc([N+](=O)[O-])cc1)c1csc(-c2cccs2)n1. The Balaban J connectivity index is 1.63. The molecule has 0 radical (unpaired) electrons. The van der Waals surface area contributed by atoms with E-state index in [0.29, 0.717) is 18.5 Å². The molecule has 1 N–H and O–H groups in total. The largest absolute Gasteiger partial charge is 0.453 e. The van der Waals surface area contributed by atoms with E-state index >= 15 is 0 Å². The van der Waals surface area contributed by atoms with Gasteiger partial charge in [-0.2, -0.15) is 0 Å². The number of rotatable bonds is 10. The average molecular weight is 551 g/mol. The van der Waals surface area contributed by atoms with Crippen LogP contribution in [0.25, 0.3) is 9.88 Å². The average Bonchev–Trinajstić information content (AvgIpc) is 3.64. The normalized spacial score (nSPS) is 12.4. The number of carbonyl (C=O) groups is 2. The highest BCUT2D eigenvalue weighted by atomic mass is 32.1. The first-order valence-corrected chi connectivity index (χ1v) is 13.5. The topological polar surface area (TPSA) is 115 Å². The number of hydrogen-bond acceptors (Lipinski definition) is 8. The number of nitro benzene ring substituents is 1. The van der Waals surface area contributed by atoms with Crippen LogP contribution in [0.4, 0.5) is 10.5 Å². The van der Waals surface area contributed by atoms with Crippen LogP contribution >= 0.6 is 22.7 Å². The third-order valence-electron chi connectivity index (χ3n) is 6.02. The molecule has 2 amide bonds. The van der Waals surface area contributed by atoms with Gasteiger partial charge in [0.05, 0.1) is 28.6 Å². The lowest BCUT2D eigenvalue weighted by Crippen LogP contribution is -2.50. The smallest absolute Gasteiger partial charge is 0.409 e. The summed E-state index contributed by atoms with van der Waals surface area (Å²) >= 11 is 3.06. The van der Waals surface area contributed by atoms with Gasteiger partial charge in [-0.15, -0.1) is 22.7 Å². The predicted octanol–water partition coefficient (Wildman–Crippen LogP) is 5.49. The minimum absolute atomic E-state index is 0.00870. The summed E-state index contributed by atoms with van der Waals surface area (Å²) in [6, 6.07) is 18.2. The molecule has 4 aromatic rings. The second-order valence-electron chi connectivity index (χ2n) is 8.53. The first-order chi connectivity index (χ1) is 18.4. The fourth-order valence-electron chi connectivity index (χ4n) is 3.96. The Kier molecular flexibility index (Phi) is 8.82. The van der Waals surface area contributed by atoms with Crippen LogP contribution in [-0.2, 0) is 22.4 Å². The molecule has 2 heterocycles. The molecule has 0 aliphatic carbocycles. The van der Waals surface area contributed by atoms with Gasteiger partial charge in [-0.1, -0.05) is 48.5 Å². The van der Waals surface area contributed by atoms with E-state index in [-0.39, 0.29) is 11.6 Å². The first-order valence-electron chi connectivity index (χ1n) is 11.7. The summed E-state index contributed by atoms with van der Waals surface area (Å²) in [5, 5.41) is 18.9. The lowest BCUT2D eigenvalue weighted by Gasteiger charge is -2.28. The molecule has 2 aromatic carbocycles. The highest BCUT2D eigenvalue weighted by Gasteiger charge is 2.30. The molecule has 0 saturated heterocycles. The number of nitrogens with zero attached hydrogens (tertiary/aromatic N) is 3. The Morgan fingerprint density at radius 1 is 1.03 bits per heavy atom. The molecule has 0 aliphatic heterocycles. The number of thiophene rings is 1. The van der Waals surface area contributed by atoms with Gasteiger partial charge in [-0.25, -0.2) is 9.78 Å². The van der Waals surface area contributed by atoms with Crippen molar-refractivity contribution in [1.29, 1.82) is 0 Å². The maximum atomic E-state index is 13.7. The lowest BCUT2D eigenvalue weighted by molar-refractivity contribution is -0.384. The number of aromatic nitrogens is 1. The Hall–Kier alpha value is -4.09. The zero-order valence-corrected chi connectivity index (χ0v) is 22.4. The molecule has 0 aliphatic rings. The highest BCUT2D eigenvalue weighted by Crippen LogP contribution is 2.31. The van der Waals surface area contributed by atoms with Gasteiger partial charge in [-0.3, -0.25) is 19.8 Å². The van der Waals surface area contributed by atoms with Crippen LogP contribution in [0.5, 0.6) is 0 Å². The number of methoxy groups -OCH3 is 1. The summed E-state index contributed by atoms with van der Waals surface area (Å²) in [4.78, 5) is 43.8. The number of carbonyl (C=O) groups excluding carboxylic acids is 2. The van der Waals surface area contributed by atoms with E-state index < -0.39 is 23.1 Å². The van der Waals surface area contributed by atoms with Crippen molar-refractivity contribution >= 4 is 40.4 Å². The molecule has 11 heteroatoms. The van der Waals surface area contributed by atoms with Gasteiger partial charge >= 0.3 is 6.09 Å². The zero-order valence-electron chi connectivity index (χ0n) is 20.8. The summed E-state index contributed by atoms with van der Waals surface area (Å²) in [5.41, 5.74) is 2.35. The van der Waals surface area contributed by atoms with Crippen molar-refractivity contribution in [2.45, 2.75) is 24.9 Å². The third kappa shape index (κ3) is 6.61. The van der Waals surface area contributed by atoms with Gasteiger partial charge in [-0.05, 0) is 29.0 Å². The van der Waals surface area contributed by atoms with Crippen molar-refractivity contribution < 1.29 is 19.2 Å². The van der Waals surface area contributed by atoms with Gasteiger partial charge in [0.25, 0.3) is 5.69 Å². The zero-order chi connectivity index (χ0) is 27.1. The van der Waals surface area contributed by atoms with Gasteiger partial charge in [0, 0.05) is 31.0 Å². The molecular formula is C27H26N4O5S2. The van der Waals surface area contributed by atoms with Crippen LogP contribution in [0, 0.1) is 10.1 Å². The van der Waals surface area contributed by atoms with E-state index in [9.17, 15) is 19.7 Å². The lowest BCUT2D eigenvalue weighted by atomic mass is 10.0. The number of benzene rings is 2. The summed E-state index contributed by atoms with van der Waals surface area (Å²) < 4.78 is 4.88. The van der Waals surface area contributed by atoms with Crippen LogP contribution in [0.3, 0.4) is 0 Å². The Bertz CT molecular complexity index is 1370. The number of likely N-dealkylation sites (N-methyl/N-ethyl adjacent to an activating group) is 1. The van der Waals surface area contributed by atoms with Gasteiger partial charge < -0.3 is 10.1 Å². The van der Waals surface area contributed by atoms with E-state index in [2.05, 4.69) is 5.32 Å². The van der Waals surface area contributed by atoms with E-state index in [1.54, 1.807) is 23.5 Å². The fourth-order valence-corrected chi connectivity index (χ4v) is 5.65. The second-order valence-corrected chi connectivity index (χ2v) is 10.3. The number of hydrogen-bond donors (Lipinski definition) is 1. The van der Waals surface area contributed by atoms with Crippen molar-refractivity contribution in [3.63, 3.8) is 0 Å². The summed E-state index contributed by atoms with van der Waals surface area (Å²) in [7, 11) is 2.80. The van der Waals surface area contributed by atoms with Crippen molar-refractivity contribution in [3.05, 3.63) is 104 Å². The Morgan fingerprint density at radius 2 is 1.74 bits per heavy atom. The van der Waals surface area contributed by atoms with Crippen molar-refractivity contribution in [3.8, 4) is 9.88 Å². The van der Waals surface area contributed by atoms with E-state index in [1.807, 2.05) is 53.2 Å². The van der Waals surface area contributed by atoms with Crippen LogP contribution in [-0.4, -0.2) is 47.0 Å². The molecule has 2 aromatic heterocycles. The molecule has 2 unspecified atom stereocenters. The third-order valence-corrected chi connectivity index (χ3v) is 7.92. The number of nitrogens with one attached hydrogen (secondary N) is 1. The van der Waals surface area contributed by atoms with E-state index in [0.717, 1.165) is 21.0 Å². The van der Waals surface area contributed by atoms with Crippen LogP contribution in [0.1, 0.15) is 22.9 Å².